The Bertz CT molecular complexity index is 815. The molecule has 0 aromatic heterocycles. The molecule has 3 fully saturated rings. The summed E-state index contributed by atoms with van der Waals surface area (Å²) in [6, 6.07) is -0.939. The quantitative estimate of drug-likeness (QED) is 0.249. The van der Waals surface area contributed by atoms with Crippen molar-refractivity contribution in [2.24, 2.45) is 11.8 Å². The fourth-order valence-corrected chi connectivity index (χ4v) is 6.39. The molecule has 2 amide bonds. The van der Waals surface area contributed by atoms with Crippen molar-refractivity contribution in [3.8, 4) is 0 Å². The fraction of sp³-hybridized carbons (Fsp3) is 0.731. The molecular formula is C26H40N2O6. The Morgan fingerprint density at radius 1 is 1.32 bits per heavy atom. The van der Waals surface area contributed by atoms with Gasteiger partial charge in [0.2, 0.25) is 11.8 Å². The van der Waals surface area contributed by atoms with E-state index in [1.165, 1.54) is 4.90 Å². The van der Waals surface area contributed by atoms with E-state index in [0.717, 1.165) is 12.8 Å². The first-order valence-electron chi connectivity index (χ1n) is 12.6. The summed E-state index contributed by atoms with van der Waals surface area (Å²) in [7, 11) is 0. The van der Waals surface area contributed by atoms with Crippen molar-refractivity contribution in [2.45, 2.75) is 82.6 Å². The molecule has 1 N–H and O–H groups in total. The lowest BCUT2D eigenvalue weighted by atomic mass is 9.65. The zero-order valence-electron chi connectivity index (χ0n) is 20.8. The van der Waals surface area contributed by atoms with Gasteiger partial charge in [0.05, 0.1) is 24.7 Å². The Morgan fingerprint density at radius 3 is 2.65 bits per heavy atom. The molecule has 0 aromatic carbocycles. The number of β-amino-alcohol motifs (C(OH)–C–C–N with tert-alkyl or cyclic N) is 1. The van der Waals surface area contributed by atoms with Crippen LogP contribution in [0.15, 0.2) is 25.3 Å². The molecular weight excluding hydrogens is 436 g/mol. The first-order valence-corrected chi connectivity index (χ1v) is 12.6. The molecule has 0 saturated carbocycles. The minimum Gasteiger partial charge on any atom is -0.465 e. The summed E-state index contributed by atoms with van der Waals surface area (Å²) in [5, 5.41) is 9.75. The highest BCUT2D eigenvalue weighted by Crippen LogP contribution is 2.64. The molecule has 3 heterocycles. The van der Waals surface area contributed by atoms with Crippen molar-refractivity contribution in [3.63, 3.8) is 0 Å². The second kappa shape index (κ2) is 10.6. The summed E-state index contributed by atoms with van der Waals surface area (Å²) in [4.78, 5) is 44.3. The monoisotopic (exact) mass is 476 g/mol. The maximum absolute atomic E-state index is 14.1. The van der Waals surface area contributed by atoms with Crippen LogP contribution >= 0.6 is 0 Å². The van der Waals surface area contributed by atoms with Gasteiger partial charge in [-0.2, -0.15) is 0 Å². The number of amides is 2. The largest absolute Gasteiger partial charge is 0.465 e. The molecule has 8 heteroatoms. The van der Waals surface area contributed by atoms with Crippen LogP contribution in [-0.4, -0.2) is 82.3 Å². The summed E-state index contributed by atoms with van der Waals surface area (Å²) < 4.78 is 12.2. The van der Waals surface area contributed by atoms with Gasteiger partial charge in [0.1, 0.15) is 17.6 Å². The van der Waals surface area contributed by atoms with Gasteiger partial charge in [-0.3, -0.25) is 14.4 Å². The van der Waals surface area contributed by atoms with Gasteiger partial charge in [0.25, 0.3) is 0 Å². The maximum Gasteiger partial charge on any atom is 0.312 e. The highest BCUT2D eigenvalue weighted by atomic mass is 16.6. The van der Waals surface area contributed by atoms with Crippen molar-refractivity contribution in [1.29, 1.82) is 0 Å². The Hall–Kier alpha value is -2.19. The molecule has 3 aliphatic rings. The molecule has 3 unspecified atom stereocenters. The second-order valence-corrected chi connectivity index (χ2v) is 9.75. The first-order chi connectivity index (χ1) is 16.3. The Balaban J connectivity index is 2.04. The van der Waals surface area contributed by atoms with Gasteiger partial charge in [-0.25, -0.2) is 0 Å². The SMILES string of the molecule is C=CCCOC(=O)[C@H]1[C@H]2C(=O)N(CCO)C(C(=O)N(CC=C)C(C)CCC)C23CC[C@]1(CC)O3. The van der Waals surface area contributed by atoms with Crippen LogP contribution in [0.2, 0.25) is 0 Å². The summed E-state index contributed by atoms with van der Waals surface area (Å²) in [5.74, 6) is -2.55. The average molecular weight is 477 g/mol. The average Bonchev–Trinajstić information content (AvgIpc) is 3.41. The standard InChI is InChI=1S/C26H40N2O6/c1-6-10-17-33-24(32)20-19-22(30)28(15-16-29)21(26(19)13-12-25(20,9-4)34-26)23(31)27(14-8-3)18(5)11-7-2/h6,8,18-21,29H,1,3,7,9-17H2,2,4-5H3/t18?,19-,20+,21?,25-,26?/m0/s1. The molecule has 34 heavy (non-hydrogen) atoms. The zero-order valence-corrected chi connectivity index (χ0v) is 20.8. The summed E-state index contributed by atoms with van der Waals surface area (Å²) >= 11 is 0. The van der Waals surface area contributed by atoms with Gasteiger partial charge in [0, 0.05) is 19.1 Å². The van der Waals surface area contributed by atoms with E-state index in [-0.39, 0.29) is 37.6 Å². The van der Waals surface area contributed by atoms with Crippen LogP contribution in [0.5, 0.6) is 0 Å². The molecule has 0 aliphatic carbocycles. The zero-order chi connectivity index (χ0) is 25.1. The van der Waals surface area contributed by atoms with Crippen LogP contribution in [0.25, 0.3) is 0 Å². The Labute approximate surface area is 202 Å². The van der Waals surface area contributed by atoms with E-state index in [9.17, 15) is 19.5 Å². The van der Waals surface area contributed by atoms with Crippen molar-refractivity contribution in [3.05, 3.63) is 25.3 Å². The minimum atomic E-state index is -1.10. The molecule has 3 rings (SSSR count). The van der Waals surface area contributed by atoms with Gasteiger partial charge in [0.15, 0.2) is 0 Å². The van der Waals surface area contributed by atoms with Gasteiger partial charge < -0.3 is 24.4 Å². The van der Waals surface area contributed by atoms with Crippen LogP contribution < -0.4 is 0 Å². The van der Waals surface area contributed by atoms with Gasteiger partial charge in [-0.1, -0.05) is 32.4 Å². The number of aliphatic hydroxyl groups is 1. The molecule has 3 aliphatic heterocycles. The number of nitrogens with zero attached hydrogens (tertiary/aromatic N) is 2. The predicted molar refractivity (Wildman–Crippen MR) is 128 cm³/mol. The van der Waals surface area contributed by atoms with Crippen molar-refractivity contribution in [1.82, 2.24) is 9.80 Å². The molecule has 6 atom stereocenters. The first kappa shape index (κ1) is 26.4. The predicted octanol–water partition coefficient (Wildman–Crippen LogP) is 2.46. The van der Waals surface area contributed by atoms with E-state index in [1.54, 1.807) is 17.1 Å². The van der Waals surface area contributed by atoms with Gasteiger partial charge in [-0.05, 0) is 39.0 Å². The van der Waals surface area contributed by atoms with E-state index in [2.05, 4.69) is 20.1 Å². The molecule has 190 valence electrons. The van der Waals surface area contributed by atoms with E-state index >= 15 is 0 Å². The highest BCUT2D eigenvalue weighted by molar-refractivity contribution is 5.98. The number of aliphatic hydroxyl groups excluding tert-OH is 1. The number of ether oxygens (including phenoxy) is 2. The molecule has 8 nitrogen and oxygen atoms in total. The highest BCUT2D eigenvalue weighted by Gasteiger charge is 2.79. The number of rotatable bonds is 13. The van der Waals surface area contributed by atoms with Crippen LogP contribution in [0.1, 0.15) is 59.3 Å². The normalized spacial score (nSPS) is 32.4. The smallest absolute Gasteiger partial charge is 0.312 e. The van der Waals surface area contributed by atoms with Crippen LogP contribution in [0.3, 0.4) is 0 Å². The van der Waals surface area contributed by atoms with Gasteiger partial charge in [-0.15, -0.1) is 13.2 Å². The Kier molecular flexibility index (Phi) is 8.24. The molecule has 2 bridgehead atoms. The molecule has 0 aromatic rings. The molecule has 1 spiro atoms. The van der Waals surface area contributed by atoms with E-state index in [4.69, 9.17) is 9.47 Å². The van der Waals surface area contributed by atoms with Crippen LogP contribution in [0.4, 0.5) is 0 Å². The van der Waals surface area contributed by atoms with Gasteiger partial charge >= 0.3 is 5.97 Å². The van der Waals surface area contributed by atoms with Crippen molar-refractivity contribution < 1.29 is 29.0 Å². The second-order valence-electron chi connectivity index (χ2n) is 9.75. The summed E-state index contributed by atoms with van der Waals surface area (Å²) in [6.45, 7) is 13.8. The van der Waals surface area contributed by atoms with Crippen LogP contribution in [-0.2, 0) is 23.9 Å². The third kappa shape index (κ3) is 4.09. The maximum atomic E-state index is 14.1. The lowest BCUT2D eigenvalue weighted by Gasteiger charge is -2.38. The third-order valence-electron chi connectivity index (χ3n) is 7.92. The number of likely N-dealkylation sites (tertiary alicyclic amines) is 1. The number of hydrogen-bond donors (Lipinski definition) is 1. The third-order valence-corrected chi connectivity index (χ3v) is 7.92. The number of fused-ring (bicyclic) bond motifs is 1. The number of hydrogen-bond acceptors (Lipinski definition) is 6. The number of carbonyl (C=O) groups excluding carboxylic acids is 3. The number of carbonyl (C=O) groups is 3. The summed E-state index contributed by atoms with van der Waals surface area (Å²) in [5.41, 5.74) is -1.93. The Morgan fingerprint density at radius 2 is 2.06 bits per heavy atom. The van der Waals surface area contributed by atoms with E-state index in [0.29, 0.717) is 32.2 Å². The minimum absolute atomic E-state index is 0.0122. The fourth-order valence-electron chi connectivity index (χ4n) is 6.39. The van der Waals surface area contributed by atoms with E-state index < -0.39 is 35.0 Å². The van der Waals surface area contributed by atoms with Crippen molar-refractivity contribution >= 4 is 17.8 Å². The number of esters is 1. The molecule has 0 radical (unpaired) electrons. The summed E-state index contributed by atoms with van der Waals surface area (Å²) in [6.07, 6.45) is 7.24. The topological polar surface area (TPSA) is 96.4 Å². The molecule has 3 saturated heterocycles. The van der Waals surface area contributed by atoms with E-state index in [1.807, 2.05) is 13.8 Å². The van der Waals surface area contributed by atoms with Crippen molar-refractivity contribution in [2.75, 3.05) is 26.3 Å². The lowest BCUT2D eigenvalue weighted by molar-refractivity contribution is -0.162. The lowest BCUT2D eigenvalue weighted by Crippen LogP contribution is -2.58. The van der Waals surface area contributed by atoms with Crippen LogP contribution in [0, 0.1) is 11.8 Å².